The predicted molar refractivity (Wildman–Crippen MR) is 23.8 cm³/mol. The normalized spacial score (nSPS) is 7.86. The van der Waals surface area contributed by atoms with E-state index < -0.39 is 12.3 Å². The fourth-order valence-electron chi connectivity index (χ4n) is 0. The van der Waals surface area contributed by atoms with Crippen LogP contribution in [0.15, 0.2) is 0 Å². The first kappa shape index (κ1) is 10.6. The summed E-state index contributed by atoms with van der Waals surface area (Å²) in [5.41, 5.74) is 0. The van der Waals surface area contributed by atoms with E-state index in [1.165, 1.54) is 0 Å². The van der Waals surface area contributed by atoms with E-state index in [0.717, 1.165) is 0 Å². The molecular weight excluding hydrogens is 128 g/mol. The van der Waals surface area contributed by atoms with Crippen molar-refractivity contribution in [1.82, 2.24) is 0 Å². The van der Waals surface area contributed by atoms with Gasteiger partial charge in [-0.1, -0.05) is 0 Å². The molecule has 7 heavy (non-hydrogen) atoms. The second-order valence-corrected chi connectivity index (χ2v) is 0.712. The van der Waals surface area contributed by atoms with Crippen molar-refractivity contribution in [2.75, 3.05) is 0 Å². The van der Waals surface area contributed by atoms with Crippen LogP contribution in [0.4, 0.5) is 0 Å². The largest absolute Gasteiger partial charge is 2.00 e. The Balaban J connectivity index is -0.0000000417. The fraction of sp³-hybridized carbons (Fsp3) is 0.500. The second-order valence-electron chi connectivity index (χ2n) is 0.712. The average molecular weight is 134 g/mol. The summed E-state index contributed by atoms with van der Waals surface area (Å²) in [5, 5.41) is 22.7. The van der Waals surface area contributed by atoms with Crippen LogP contribution in [0.2, 0.25) is 0 Å². The Kier molecular flexibility index (Phi) is 7.27. The zero-order valence-corrected chi connectivity index (χ0v) is 5.74. The third kappa shape index (κ3) is 6.65. The Morgan fingerprint density at radius 2 is 1.71 bits per heavy atom. The molecule has 0 aliphatic heterocycles. The van der Waals surface area contributed by atoms with Crippen LogP contribution in [0.3, 0.4) is 0 Å². The van der Waals surface area contributed by atoms with E-state index >= 15 is 0 Å². The SMILES string of the molecule is O=C(O)C(O)O.[Ca+2].[H-].[H-]. The second kappa shape index (κ2) is 4.80. The monoisotopic (exact) mass is 134 g/mol. The van der Waals surface area contributed by atoms with E-state index in [1.54, 1.807) is 0 Å². The van der Waals surface area contributed by atoms with Gasteiger partial charge in [0.1, 0.15) is 0 Å². The summed E-state index contributed by atoms with van der Waals surface area (Å²) in [4.78, 5) is 9.20. The molecule has 0 aliphatic carbocycles. The summed E-state index contributed by atoms with van der Waals surface area (Å²) in [6.07, 6.45) is -2.23. The van der Waals surface area contributed by atoms with Gasteiger partial charge in [0.2, 0.25) is 0 Å². The first-order chi connectivity index (χ1) is 2.64. The van der Waals surface area contributed by atoms with Crippen molar-refractivity contribution in [2.45, 2.75) is 6.29 Å². The number of aliphatic carboxylic acids is 1. The number of carbonyl (C=O) groups is 1. The van der Waals surface area contributed by atoms with E-state index in [-0.39, 0.29) is 40.6 Å². The molecule has 0 radical (unpaired) electrons. The number of hydrogen-bond donors (Lipinski definition) is 3. The fourth-order valence-corrected chi connectivity index (χ4v) is 0. The Bertz CT molecular complexity index is 67.6. The number of aliphatic hydroxyl groups is 2. The molecule has 0 atom stereocenters. The molecular formula is C2H6CaO4. The van der Waals surface area contributed by atoms with Crippen molar-refractivity contribution in [3.05, 3.63) is 0 Å². The Morgan fingerprint density at radius 3 is 1.71 bits per heavy atom. The van der Waals surface area contributed by atoms with E-state index in [4.69, 9.17) is 15.3 Å². The first-order valence-corrected chi connectivity index (χ1v) is 1.23. The molecule has 0 aromatic rings. The van der Waals surface area contributed by atoms with Gasteiger partial charge in [0.05, 0.1) is 0 Å². The van der Waals surface area contributed by atoms with Crippen molar-refractivity contribution < 1.29 is 23.0 Å². The maximum absolute atomic E-state index is 9.20. The molecule has 0 amide bonds. The maximum Gasteiger partial charge on any atom is 2.00 e. The molecule has 4 nitrogen and oxygen atoms in total. The minimum Gasteiger partial charge on any atom is -1.00 e. The molecule has 0 aromatic heterocycles. The van der Waals surface area contributed by atoms with E-state index in [1.807, 2.05) is 0 Å². The van der Waals surface area contributed by atoms with Crippen molar-refractivity contribution in [3.63, 3.8) is 0 Å². The van der Waals surface area contributed by atoms with E-state index in [9.17, 15) is 4.79 Å². The van der Waals surface area contributed by atoms with Crippen LogP contribution in [0.5, 0.6) is 0 Å². The molecule has 0 aromatic carbocycles. The van der Waals surface area contributed by atoms with Crippen molar-refractivity contribution in [2.24, 2.45) is 0 Å². The smallest absolute Gasteiger partial charge is 1.00 e. The zero-order chi connectivity index (χ0) is 5.15. The minimum absolute atomic E-state index is 0. The van der Waals surface area contributed by atoms with Gasteiger partial charge in [-0.25, -0.2) is 4.79 Å². The van der Waals surface area contributed by atoms with Gasteiger partial charge in [-0.2, -0.15) is 0 Å². The van der Waals surface area contributed by atoms with Gasteiger partial charge in [-0.15, -0.1) is 0 Å². The van der Waals surface area contributed by atoms with Crippen molar-refractivity contribution in [1.29, 1.82) is 0 Å². The van der Waals surface area contributed by atoms with Crippen LogP contribution in [0, 0.1) is 0 Å². The molecule has 0 unspecified atom stereocenters. The minimum atomic E-state index is -2.23. The number of carboxylic acid groups (broad SMARTS) is 1. The molecule has 0 heterocycles. The maximum atomic E-state index is 9.20. The molecule has 40 valence electrons. The molecule has 0 bridgehead atoms. The molecule has 0 saturated heterocycles. The summed E-state index contributed by atoms with van der Waals surface area (Å²) >= 11 is 0. The van der Waals surface area contributed by atoms with Gasteiger partial charge < -0.3 is 18.2 Å². The molecule has 0 spiro atoms. The predicted octanol–water partition coefficient (Wildman–Crippen LogP) is -1.77. The summed E-state index contributed by atoms with van der Waals surface area (Å²) < 4.78 is 0. The molecule has 3 N–H and O–H groups in total. The molecule has 0 aliphatic rings. The van der Waals surface area contributed by atoms with Gasteiger partial charge in [0.15, 0.2) is 0 Å². The van der Waals surface area contributed by atoms with Crippen LogP contribution < -0.4 is 0 Å². The van der Waals surface area contributed by atoms with Crippen LogP contribution in [0.25, 0.3) is 0 Å². The Labute approximate surface area is 72.7 Å². The number of aliphatic hydroxyl groups excluding tert-OH is 1. The van der Waals surface area contributed by atoms with Gasteiger partial charge in [0.25, 0.3) is 6.29 Å². The first-order valence-electron chi connectivity index (χ1n) is 1.23. The van der Waals surface area contributed by atoms with Crippen LogP contribution in [-0.4, -0.2) is 65.3 Å². The third-order valence-electron chi connectivity index (χ3n) is 0.221. The number of rotatable bonds is 1. The zero-order valence-electron chi connectivity index (χ0n) is 5.53. The van der Waals surface area contributed by atoms with Crippen LogP contribution >= 0.6 is 0 Å². The number of hydrogen-bond acceptors (Lipinski definition) is 3. The van der Waals surface area contributed by atoms with E-state index in [2.05, 4.69) is 0 Å². The summed E-state index contributed by atoms with van der Waals surface area (Å²) in [5.74, 6) is -1.63. The quantitative estimate of drug-likeness (QED) is 0.293. The summed E-state index contributed by atoms with van der Waals surface area (Å²) in [6, 6.07) is 0. The number of carboxylic acids is 1. The van der Waals surface area contributed by atoms with Gasteiger partial charge in [-0.05, 0) is 0 Å². The third-order valence-corrected chi connectivity index (χ3v) is 0.221. The van der Waals surface area contributed by atoms with Gasteiger partial charge in [-0.3, -0.25) is 0 Å². The Morgan fingerprint density at radius 1 is 1.57 bits per heavy atom. The molecule has 5 heteroatoms. The van der Waals surface area contributed by atoms with Crippen molar-refractivity contribution >= 4 is 43.7 Å². The van der Waals surface area contributed by atoms with Crippen molar-refractivity contribution in [3.8, 4) is 0 Å². The van der Waals surface area contributed by atoms with Gasteiger partial charge >= 0.3 is 43.7 Å². The van der Waals surface area contributed by atoms with E-state index in [0.29, 0.717) is 0 Å². The van der Waals surface area contributed by atoms with Crippen LogP contribution in [0.1, 0.15) is 2.85 Å². The van der Waals surface area contributed by atoms with Crippen LogP contribution in [-0.2, 0) is 4.79 Å². The standard InChI is InChI=1S/C2H4O4.Ca.2H/c3-1(4)2(5)6;;;/h1,3-4H,(H,5,6);;;/q;+2;2*-1. The summed E-state index contributed by atoms with van der Waals surface area (Å²) in [7, 11) is 0. The molecule has 0 fully saturated rings. The Hall–Kier alpha value is 0.650. The average Bonchev–Trinajstić information content (AvgIpc) is 1.36. The molecule has 0 rings (SSSR count). The topological polar surface area (TPSA) is 77.8 Å². The molecule has 0 saturated carbocycles. The van der Waals surface area contributed by atoms with Gasteiger partial charge in [0, 0.05) is 0 Å². The summed E-state index contributed by atoms with van der Waals surface area (Å²) in [6.45, 7) is 0.